The number of carbonyl (C=O) groups is 2. The predicted molar refractivity (Wildman–Crippen MR) is 120 cm³/mol. The molecular formula is C25H32N2O4. The largest absolute Gasteiger partial charge is 0.508 e. The minimum Gasteiger partial charge on any atom is -0.508 e. The number of ether oxygens (including phenoxy) is 1. The standard InChI is InChI=1S/C25H32N2O4/c1-17(31-22-11-9-21(28)10-12-22)23(29)26-20-13-15-27(16-14-20)24(30)18-5-7-19(8-6-18)25(2,3)4/h5-12,17,20,28H,13-16H2,1-4H3,(H,26,29). The van der Waals surface area contributed by atoms with Crippen LogP contribution in [0, 0.1) is 0 Å². The molecule has 2 aromatic rings. The van der Waals surface area contributed by atoms with E-state index < -0.39 is 6.10 Å². The number of aromatic hydroxyl groups is 1. The van der Waals surface area contributed by atoms with Crippen molar-refractivity contribution in [3.63, 3.8) is 0 Å². The van der Waals surface area contributed by atoms with Crippen molar-refractivity contribution in [2.75, 3.05) is 13.1 Å². The molecule has 1 heterocycles. The van der Waals surface area contributed by atoms with Crippen molar-refractivity contribution in [3.05, 3.63) is 59.7 Å². The molecule has 2 amide bonds. The van der Waals surface area contributed by atoms with Crippen molar-refractivity contribution in [1.29, 1.82) is 0 Å². The first-order chi connectivity index (χ1) is 14.6. The van der Waals surface area contributed by atoms with Gasteiger partial charge in [-0.05, 0) is 67.1 Å². The Balaban J connectivity index is 1.48. The number of phenols is 1. The second kappa shape index (κ2) is 9.41. The molecule has 0 radical (unpaired) electrons. The molecule has 31 heavy (non-hydrogen) atoms. The molecule has 1 fully saturated rings. The van der Waals surface area contributed by atoms with Gasteiger partial charge in [-0.1, -0.05) is 32.9 Å². The lowest BCUT2D eigenvalue weighted by atomic mass is 9.86. The Bertz CT molecular complexity index is 893. The number of phenolic OH excluding ortho intramolecular Hbond substituents is 1. The van der Waals surface area contributed by atoms with E-state index in [1.807, 2.05) is 29.2 Å². The maximum absolute atomic E-state index is 12.8. The average Bonchev–Trinajstić information content (AvgIpc) is 2.75. The van der Waals surface area contributed by atoms with Gasteiger partial charge in [0.2, 0.25) is 0 Å². The van der Waals surface area contributed by atoms with Crippen molar-refractivity contribution in [2.24, 2.45) is 0 Å². The quantitative estimate of drug-likeness (QED) is 0.764. The van der Waals surface area contributed by atoms with Gasteiger partial charge in [0.05, 0.1) is 0 Å². The summed E-state index contributed by atoms with van der Waals surface area (Å²) in [5.41, 5.74) is 1.96. The smallest absolute Gasteiger partial charge is 0.260 e. The van der Waals surface area contributed by atoms with E-state index in [1.54, 1.807) is 19.1 Å². The second-order valence-corrected chi connectivity index (χ2v) is 9.16. The highest BCUT2D eigenvalue weighted by atomic mass is 16.5. The maximum Gasteiger partial charge on any atom is 0.260 e. The molecule has 1 saturated heterocycles. The van der Waals surface area contributed by atoms with E-state index in [9.17, 15) is 14.7 Å². The van der Waals surface area contributed by atoms with Crippen molar-refractivity contribution < 1.29 is 19.4 Å². The molecule has 0 aromatic heterocycles. The molecule has 0 saturated carbocycles. The van der Waals surface area contributed by atoms with Crippen molar-refractivity contribution in [2.45, 2.75) is 58.1 Å². The zero-order valence-corrected chi connectivity index (χ0v) is 18.7. The summed E-state index contributed by atoms with van der Waals surface area (Å²) in [4.78, 5) is 27.1. The van der Waals surface area contributed by atoms with Gasteiger partial charge in [0.15, 0.2) is 6.10 Å². The second-order valence-electron chi connectivity index (χ2n) is 9.16. The van der Waals surface area contributed by atoms with Gasteiger partial charge in [-0.25, -0.2) is 0 Å². The van der Waals surface area contributed by atoms with Crippen LogP contribution in [0.4, 0.5) is 0 Å². The SMILES string of the molecule is CC(Oc1ccc(O)cc1)C(=O)NC1CCN(C(=O)c2ccc(C(C)(C)C)cc2)CC1. The fourth-order valence-corrected chi connectivity index (χ4v) is 3.62. The topological polar surface area (TPSA) is 78.9 Å². The van der Waals surface area contributed by atoms with Crippen molar-refractivity contribution in [1.82, 2.24) is 10.2 Å². The number of piperidine rings is 1. The molecule has 166 valence electrons. The number of carbonyl (C=O) groups excluding carboxylic acids is 2. The lowest BCUT2D eigenvalue weighted by Crippen LogP contribution is -2.49. The first-order valence-electron chi connectivity index (χ1n) is 10.8. The zero-order chi connectivity index (χ0) is 22.6. The number of hydrogen-bond donors (Lipinski definition) is 2. The van der Waals surface area contributed by atoms with Crippen LogP contribution < -0.4 is 10.1 Å². The summed E-state index contributed by atoms with van der Waals surface area (Å²) in [6.45, 7) is 9.37. The van der Waals surface area contributed by atoms with Gasteiger partial charge in [-0.3, -0.25) is 9.59 Å². The van der Waals surface area contributed by atoms with Crippen LogP contribution in [-0.4, -0.2) is 47.1 Å². The highest BCUT2D eigenvalue weighted by Crippen LogP contribution is 2.23. The van der Waals surface area contributed by atoms with Gasteiger partial charge in [0, 0.05) is 24.7 Å². The fourth-order valence-electron chi connectivity index (χ4n) is 3.62. The highest BCUT2D eigenvalue weighted by Gasteiger charge is 2.26. The molecule has 3 rings (SSSR count). The molecule has 2 N–H and O–H groups in total. The van der Waals surface area contributed by atoms with E-state index in [0.29, 0.717) is 37.2 Å². The number of likely N-dealkylation sites (tertiary alicyclic amines) is 1. The summed E-state index contributed by atoms with van der Waals surface area (Å²) >= 11 is 0. The van der Waals surface area contributed by atoms with Gasteiger partial charge in [-0.15, -0.1) is 0 Å². The number of rotatable bonds is 5. The minimum atomic E-state index is -0.648. The molecule has 0 bridgehead atoms. The number of nitrogens with zero attached hydrogens (tertiary/aromatic N) is 1. The average molecular weight is 425 g/mol. The summed E-state index contributed by atoms with van der Waals surface area (Å²) in [5.74, 6) is 0.527. The predicted octanol–water partition coefficient (Wildman–Crippen LogP) is 3.88. The summed E-state index contributed by atoms with van der Waals surface area (Å²) in [6, 6.07) is 14.1. The lowest BCUT2D eigenvalue weighted by molar-refractivity contribution is -0.128. The first kappa shape index (κ1) is 22.7. The monoisotopic (exact) mass is 424 g/mol. The molecule has 1 aliphatic heterocycles. The van der Waals surface area contributed by atoms with E-state index in [-0.39, 0.29) is 29.0 Å². The van der Waals surface area contributed by atoms with Gasteiger partial charge in [0.1, 0.15) is 11.5 Å². The van der Waals surface area contributed by atoms with Gasteiger partial charge >= 0.3 is 0 Å². The van der Waals surface area contributed by atoms with E-state index in [2.05, 4.69) is 26.1 Å². The lowest BCUT2D eigenvalue weighted by Gasteiger charge is -2.33. The normalized spacial score (nSPS) is 15.9. The van der Waals surface area contributed by atoms with Gasteiger partial charge in [0.25, 0.3) is 11.8 Å². The fraction of sp³-hybridized carbons (Fsp3) is 0.440. The van der Waals surface area contributed by atoms with E-state index >= 15 is 0 Å². The molecule has 0 spiro atoms. The molecule has 1 atom stereocenters. The van der Waals surface area contributed by atoms with Crippen LogP contribution in [-0.2, 0) is 10.2 Å². The molecular weight excluding hydrogens is 392 g/mol. The zero-order valence-electron chi connectivity index (χ0n) is 18.7. The summed E-state index contributed by atoms with van der Waals surface area (Å²) in [5, 5.41) is 12.4. The Morgan fingerprint density at radius 2 is 1.61 bits per heavy atom. The third kappa shape index (κ3) is 6.00. The van der Waals surface area contributed by atoms with Crippen LogP contribution in [0.15, 0.2) is 48.5 Å². The van der Waals surface area contributed by atoms with E-state index in [0.717, 1.165) is 0 Å². The number of nitrogens with one attached hydrogen (secondary N) is 1. The molecule has 1 unspecified atom stereocenters. The minimum absolute atomic E-state index is 0.0192. The van der Waals surface area contributed by atoms with Crippen LogP contribution >= 0.6 is 0 Å². The summed E-state index contributed by atoms with van der Waals surface area (Å²) in [6.07, 6.45) is 0.776. The molecule has 6 heteroatoms. The Morgan fingerprint density at radius 3 is 2.16 bits per heavy atom. The van der Waals surface area contributed by atoms with Crippen LogP contribution in [0.3, 0.4) is 0 Å². The summed E-state index contributed by atoms with van der Waals surface area (Å²) in [7, 11) is 0. The molecule has 1 aliphatic rings. The van der Waals surface area contributed by atoms with Crippen LogP contribution in [0.1, 0.15) is 56.5 Å². The van der Waals surface area contributed by atoms with E-state index in [4.69, 9.17) is 4.74 Å². The van der Waals surface area contributed by atoms with Crippen LogP contribution in [0.2, 0.25) is 0 Å². The molecule has 0 aliphatic carbocycles. The van der Waals surface area contributed by atoms with Crippen LogP contribution in [0.25, 0.3) is 0 Å². The van der Waals surface area contributed by atoms with Gasteiger partial charge in [-0.2, -0.15) is 0 Å². The Labute approximate surface area is 184 Å². The van der Waals surface area contributed by atoms with Crippen molar-refractivity contribution in [3.8, 4) is 11.5 Å². The third-order valence-electron chi connectivity index (χ3n) is 5.65. The molecule has 6 nitrogen and oxygen atoms in total. The maximum atomic E-state index is 12.8. The van der Waals surface area contributed by atoms with E-state index in [1.165, 1.54) is 17.7 Å². The third-order valence-corrected chi connectivity index (χ3v) is 5.65. The Kier molecular flexibility index (Phi) is 6.88. The Morgan fingerprint density at radius 1 is 1.03 bits per heavy atom. The summed E-state index contributed by atoms with van der Waals surface area (Å²) < 4.78 is 5.64. The number of hydrogen-bond acceptors (Lipinski definition) is 4. The van der Waals surface area contributed by atoms with Crippen LogP contribution in [0.5, 0.6) is 11.5 Å². The highest BCUT2D eigenvalue weighted by molar-refractivity contribution is 5.94. The number of benzene rings is 2. The van der Waals surface area contributed by atoms with Crippen molar-refractivity contribution >= 4 is 11.8 Å². The van der Waals surface area contributed by atoms with Gasteiger partial charge < -0.3 is 20.1 Å². The first-order valence-corrected chi connectivity index (χ1v) is 10.8. The Hall–Kier alpha value is -3.02. The number of amides is 2. The molecule has 2 aromatic carbocycles.